The molecule has 1 aliphatic heterocycles. The summed E-state index contributed by atoms with van der Waals surface area (Å²) < 4.78 is 11.3. The van der Waals surface area contributed by atoms with Gasteiger partial charge in [-0.3, -0.25) is 19.1 Å². The first kappa shape index (κ1) is 15.4. The summed E-state index contributed by atoms with van der Waals surface area (Å²) in [6.45, 7) is 0. The lowest BCUT2D eigenvalue weighted by Gasteiger charge is -2.19. The Kier molecular flexibility index (Phi) is 4.23. The summed E-state index contributed by atoms with van der Waals surface area (Å²) in [6, 6.07) is 1.09. The van der Waals surface area contributed by atoms with Crippen molar-refractivity contribution >= 4 is 5.91 Å². The minimum absolute atomic E-state index is 0.600. The fourth-order valence-electron chi connectivity index (χ4n) is 2.21. The standard InChI is InChI=1S/C11H15N3O7/c1-20-8-5(16)7(6(17)9(12)18)21-10(8)14-3-2-4(15)13-11(14)19/h2-3,5-8,10,16-17H,1H3,(H2,12,18)(H,13,15,19). The quantitative estimate of drug-likeness (QED) is 0.452. The number of nitrogens with zero attached hydrogens (tertiary/aromatic N) is 1. The number of hydrogen-bond acceptors (Lipinski definition) is 7. The Bertz CT molecular complexity index is 639. The van der Waals surface area contributed by atoms with Crippen LogP contribution in [0.5, 0.6) is 0 Å². The lowest BCUT2D eigenvalue weighted by atomic mass is 10.1. The SMILES string of the molecule is COC1C(O)C(C(O)C(N)=O)OC1n1ccc(=O)[nH]c1=O. The molecule has 1 aromatic rings. The number of carbonyl (C=O) groups is 1. The zero-order valence-corrected chi connectivity index (χ0v) is 11.0. The van der Waals surface area contributed by atoms with Gasteiger partial charge < -0.3 is 25.4 Å². The number of hydrogen-bond donors (Lipinski definition) is 4. The first-order valence-electron chi connectivity index (χ1n) is 6.02. The molecular weight excluding hydrogens is 286 g/mol. The molecule has 1 amide bonds. The van der Waals surface area contributed by atoms with Gasteiger partial charge in [0, 0.05) is 19.4 Å². The van der Waals surface area contributed by atoms with E-state index in [0.717, 1.165) is 16.8 Å². The molecule has 2 rings (SSSR count). The van der Waals surface area contributed by atoms with E-state index in [1.54, 1.807) is 0 Å². The van der Waals surface area contributed by atoms with E-state index in [-0.39, 0.29) is 0 Å². The van der Waals surface area contributed by atoms with Gasteiger partial charge in [-0.25, -0.2) is 4.79 Å². The van der Waals surface area contributed by atoms with Crippen LogP contribution < -0.4 is 17.0 Å². The Morgan fingerprint density at radius 2 is 2.24 bits per heavy atom. The van der Waals surface area contributed by atoms with Crippen molar-refractivity contribution in [2.45, 2.75) is 30.6 Å². The molecule has 1 aliphatic rings. The molecule has 1 fully saturated rings. The molecule has 0 aliphatic carbocycles. The Morgan fingerprint density at radius 3 is 2.76 bits per heavy atom. The van der Waals surface area contributed by atoms with E-state index < -0.39 is 47.8 Å². The van der Waals surface area contributed by atoms with Gasteiger partial charge in [0.15, 0.2) is 12.3 Å². The van der Waals surface area contributed by atoms with Gasteiger partial charge in [-0.1, -0.05) is 0 Å². The molecule has 0 aromatic carbocycles. The number of amides is 1. The lowest BCUT2D eigenvalue weighted by molar-refractivity contribution is -0.140. The molecular formula is C11H15N3O7. The smallest absolute Gasteiger partial charge is 0.330 e. The van der Waals surface area contributed by atoms with Crippen molar-refractivity contribution in [1.29, 1.82) is 0 Å². The molecule has 0 radical (unpaired) electrons. The molecule has 0 saturated carbocycles. The van der Waals surface area contributed by atoms with E-state index >= 15 is 0 Å². The molecule has 1 saturated heterocycles. The largest absolute Gasteiger partial charge is 0.387 e. The summed E-state index contributed by atoms with van der Waals surface area (Å²) >= 11 is 0. The van der Waals surface area contributed by atoms with Crippen LogP contribution in [-0.2, 0) is 14.3 Å². The summed E-state index contributed by atoms with van der Waals surface area (Å²) in [6.07, 6.45) is -5.51. The van der Waals surface area contributed by atoms with Crippen LogP contribution in [0.4, 0.5) is 0 Å². The highest BCUT2D eigenvalue weighted by molar-refractivity contribution is 5.79. The summed E-state index contributed by atoms with van der Waals surface area (Å²) in [7, 11) is 1.26. The van der Waals surface area contributed by atoms with E-state index in [4.69, 9.17) is 15.2 Å². The molecule has 5 atom stereocenters. The Balaban J connectivity index is 2.37. The van der Waals surface area contributed by atoms with Crippen molar-refractivity contribution in [1.82, 2.24) is 9.55 Å². The van der Waals surface area contributed by atoms with Crippen LogP contribution in [0, 0.1) is 0 Å². The molecule has 10 heteroatoms. The van der Waals surface area contributed by atoms with Crippen LogP contribution in [-0.4, -0.2) is 57.2 Å². The third-order valence-corrected chi connectivity index (χ3v) is 3.25. The number of aliphatic hydroxyl groups is 2. The van der Waals surface area contributed by atoms with Crippen molar-refractivity contribution < 1.29 is 24.5 Å². The van der Waals surface area contributed by atoms with Gasteiger partial charge in [0.1, 0.15) is 18.3 Å². The third-order valence-electron chi connectivity index (χ3n) is 3.25. The summed E-state index contributed by atoms with van der Waals surface area (Å²) in [4.78, 5) is 35.8. The highest BCUT2D eigenvalue weighted by atomic mass is 16.6. The van der Waals surface area contributed by atoms with Gasteiger partial charge in [0.2, 0.25) is 5.91 Å². The highest BCUT2D eigenvalue weighted by Crippen LogP contribution is 2.31. The maximum Gasteiger partial charge on any atom is 0.330 e. The average Bonchev–Trinajstić information content (AvgIpc) is 2.74. The number of H-pyrrole nitrogens is 1. The molecule has 116 valence electrons. The number of rotatable bonds is 4. The van der Waals surface area contributed by atoms with Crippen molar-refractivity contribution in [2.24, 2.45) is 5.73 Å². The minimum Gasteiger partial charge on any atom is -0.387 e. The predicted molar refractivity (Wildman–Crippen MR) is 67.2 cm³/mol. The minimum atomic E-state index is -1.76. The predicted octanol–water partition coefficient (Wildman–Crippen LogP) is -3.34. The van der Waals surface area contributed by atoms with Gasteiger partial charge in [-0.15, -0.1) is 0 Å². The number of aromatic amines is 1. The van der Waals surface area contributed by atoms with Crippen LogP contribution in [0.1, 0.15) is 6.23 Å². The van der Waals surface area contributed by atoms with Crippen LogP contribution in [0.15, 0.2) is 21.9 Å². The van der Waals surface area contributed by atoms with Gasteiger partial charge >= 0.3 is 5.69 Å². The van der Waals surface area contributed by atoms with E-state index in [1.807, 2.05) is 4.98 Å². The fourth-order valence-corrected chi connectivity index (χ4v) is 2.21. The average molecular weight is 301 g/mol. The monoisotopic (exact) mass is 301 g/mol. The zero-order valence-electron chi connectivity index (χ0n) is 11.0. The molecule has 5 N–H and O–H groups in total. The van der Waals surface area contributed by atoms with E-state index in [1.165, 1.54) is 7.11 Å². The molecule has 2 heterocycles. The van der Waals surface area contributed by atoms with Crippen molar-refractivity contribution in [2.75, 3.05) is 7.11 Å². The summed E-state index contributed by atoms with van der Waals surface area (Å²) in [5.74, 6) is -1.08. The van der Waals surface area contributed by atoms with E-state index in [9.17, 15) is 24.6 Å². The summed E-state index contributed by atoms with van der Waals surface area (Å²) in [5, 5.41) is 19.7. The van der Waals surface area contributed by atoms with E-state index in [0.29, 0.717) is 0 Å². The maximum absolute atomic E-state index is 11.7. The Morgan fingerprint density at radius 1 is 1.57 bits per heavy atom. The number of ether oxygens (including phenoxy) is 2. The van der Waals surface area contributed by atoms with Crippen LogP contribution in [0.3, 0.4) is 0 Å². The number of nitrogens with one attached hydrogen (secondary N) is 1. The number of aliphatic hydroxyl groups excluding tert-OH is 2. The van der Waals surface area contributed by atoms with Crippen LogP contribution >= 0.6 is 0 Å². The molecule has 10 nitrogen and oxygen atoms in total. The topological polar surface area (TPSA) is 157 Å². The molecule has 21 heavy (non-hydrogen) atoms. The van der Waals surface area contributed by atoms with Crippen LogP contribution in [0.25, 0.3) is 0 Å². The second-order valence-corrected chi connectivity index (χ2v) is 4.55. The van der Waals surface area contributed by atoms with Crippen LogP contribution in [0.2, 0.25) is 0 Å². The second-order valence-electron chi connectivity index (χ2n) is 4.55. The number of aromatic nitrogens is 2. The van der Waals surface area contributed by atoms with Crippen molar-refractivity contribution in [3.63, 3.8) is 0 Å². The Labute approximate surface area is 117 Å². The van der Waals surface area contributed by atoms with Crippen molar-refractivity contribution in [3.05, 3.63) is 33.1 Å². The first-order valence-corrected chi connectivity index (χ1v) is 6.02. The highest BCUT2D eigenvalue weighted by Gasteiger charge is 2.49. The number of primary amides is 1. The van der Waals surface area contributed by atoms with Gasteiger partial charge in [-0.05, 0) is 0 Å². The molecule has 1 aromatic heterocycles. The van der Waals surface area contributed by atoms with Gasteiger partial charge in [0.25, 0.3) is 5.56 Å². The lowest BCUT2D eigenvalue weighted by Crippen LogP contribution is -2.45. The van der Waals surface area contributed by atoms with Gasteiger partial charge in [0.05, 0.1) is 0 Å². The number of methoxy groups -OCH3 is 1. The van der Waals surface area contributed by atoms with Crippen molar-refractivity contribution in [3.8, 4) is 0 Å². The Hall–Kier alpha value is -2.01. The zero-order chi connectivity index (χ0) is 15.7. The number of nitrogens with two attached hydrogens (primary N) is 1. The molecule has 0 bridgehead atoms. The van der Waals surface area contributed by atoms with Gasteiger partial charge in [-0.2, -0.15) is 0 Å². The first-order chi connectivity index (χ1) is 9.86. The maximum atomic E-state index is 11.7. The van der Waals surface area contributed by atoms with E-state index in [2.05, 4.69) is 0 Å². The molecule has 0 spiro atoms. The summed E-state index contributed by atoms with van der Waals surface area (Å²) in [5.41, 5.74) is 3.58. The molecule has 5 unspecified atom stereocenters. The normalized spacial score (nSPS) is 30.2. The fraction of sp³-hybridized carbons (Fsp3) is 0.545. The second kappa shape index (κ2) is 5.77. The number of carbonyl (C=O) groups excluding carboxylic acids is 1. The third kappa shape index (κ3) is 2.74.